The third-order valence-electron chi connectivity index (χ3n) is 5.61. The Bertz CT molecular complexity index is 229. The van der Waals surface area contributed by atoms with Crippen molar-refractivity contribution in [3.8, 4) is 0 Å². The molecule has 0 aromatic rings. The molecule has 2 nitrogen and oxygen atoms in total. The first-order valence-electron chi connectivity index (χ1n) is 9.31. The van der Waals surface area contributed by atoms with Gasteiger partial charge in [0.25, 0.3) is 0 Å². The average Bonchev–Trinajstić information content (AvgIpc) is 2.60. The molecule has 1 saturated heterocycles. The molecule has 0 amide bonds. The van der Waals surface area contributed by atoms with Gasteiger partial charge < -0.3 is 10.1 Å². The third-order valence-corrected chi connectivity index (χ3v) is 5.61. The Morgan fingerprint density at radius 1 is 0.550 bits per heavy atom. The standard InChI is InChI=1S/C18H33NO/c1-3-7-11-17-13-15(9-5-1)19-16-10-6-2-4-8-12-18(14-16)20-17/h15-19H,1-14H2. The van der Waals surface area contributed by atoms with E-state index < -0.39 is 0 Å². The van der Waals surface area contributed by atoms with Gasteiger partial charge in [-0.3, -0.25) is 0 Å². The van der Waals surface area contributed by atoms with Gasteiger partial charge in [0, 0.05) is 12.1 Å². The van der Waals surface area contributed by atoms with Crippen molar-refractivity contribution in [1.82, 2.24) is 5.32 Å². The predicted molar refractivity (Wildman–Crippen MR) is 84.0 cm³/mol. The molecule has 1 N–H and O–H groups in total. The molecular weight excluding hydrogens is 246 g/mol. The smallest absolute Gasteiger partial charge is 0.0593 e. The van der Waals surface area contributed by atoms with Gasteiger partial charge >= 0.3 is 0 Å². The highest BCUT2D eigenvalue weighted by Gasteiger charge is 2.29. The van der Waals surface area contributed by atoms with Gasteiger partial charge in [-0.05, 0) is 38.5 Å². The van der Waals surface area contributed by atoms with Crippen LogP contribution in [0.5, 0.6) is 0 Å². The van der Waals surface area contributed by atoms with Crippen molar-refractivity contribution in [3.05, 3.63) is 0 Å². The summed E-state index contributed by atoms with van der Waals surface area (Å²) in [5, 5.41) is 4.03. The molecule has 0 aromatic heterocycles. The normalized spacial score (nSPS) is 40.8. The molecule has 1 aliphatic heterocycles. The summed E-state index contributed by atoms with van der Waals surface area (Å²) in [6.07, 6.45) is 20.3. The van der Waals surface area contributed by atoms with E-state index in [1.165, 1.54) is 89.9 Å². The molecule has 0 radical (unpaired) electrons. The molecule has 2 aliphatic carbocycles. The topological polar surface area (TPSA) is 21.3 Å². The Hall–Kier alpha value is -0.0800. The van der Waals surface area contributed by atoms with Gasteiger partial charge in [-0.25, -0.2) is 0 Å². The Morgan fingerprint density at radius 3 is 1.50 bits per heavy atom. The van der Waals surface area contributed by atoms with Gasteiger partial charge in [-0.1, -0.05) is 51.4 Å². The maximum atomic E-state index is 6.58. The lowest BCUT2D eigenvalue weighted by molar-refractivity contribution is -0.0490. The van der Waals surface area contributed by atoms with Crippen molar-refractivity contribution in [2.45, 2.75) is 114 Å². The average molecular weight is 279 g/mol. The molecule has 0 aromatic carbocycles. The van der Waals surface area contributed by atoms with E-state index in [9.17, 15) is 0 Å². The summed E-state index contributed by atoms with van der Waals surface area (Å²) in [4.78, 5) is 0. The zero-order valence-corrected chi connectivity index (χ0v) is 13.1. The quantitative estimate of drug-likeness (QED) is 0.701. The van der Waals surface area contributed by atoms with E-state index in [1.54, 1.807) is 0 Å². The molecule has 0 spiro atoms. The lowest BCUT2D eigenvalue weighted by atomic mass is 9.95. The van der Waals surface area contributed by atoms with E-state index in [2.05, 4.69) is 5.32 Å². The fourth-order valence-electron chi connectivity index (χ4n) is 4.49. The van der Waals surface area contributed by atoms with Crippen LogP contribution in [0.1, 0.15) is 89.9 Å². The SMILES string of the molecule is C1CCCC2CC(CC1)NC1CCCCCCC(C1)O2. The molecule has 3 fully saturated rings. The minimum absolute atomic E-state index is 0.539. The summed E-state index contributed by atoms with van der Waals surface area (Å²) >= 11 is 0. The first-order chi connectivity index (χ1) is 9.90. The minimum atomic E-state index is 0.539. The van der Waals surface area contributed by atoms with Crippen LogP contribution >= 0.6 is 0 Å². The van der Waals surface area contributed by atoms with Crippen LogP contribution in [0.2, 0.25) is 0 Å². The molecule has 2 heteroatoms. The second kappa shape index (κ2) is 7.79. The van der Waals surface area contributed by atoms with Gasteiger partial charge in [0.15, 0.2) is 0 Å². The maximum Gasteiger partial charge on any atom is 0.0593 e. The molecule has 2 saturated carbocycles. The maximum absolute atomic E-state index is 6.58. The summed E-state index contributed by atoms with van der Waals surface area (Å²) in [7, 11) is 0. The second-order valence-corrected chi connectivity index (χ2v) is 7.40. The minimum Gasteiger partial charge on any atom is -0.375 e. The van der Waals surface area contributed by atoms with Crippen LogP contribution < -0.4 is 5.32 Å². The van der Waals surface area contributed by atoms with Gasteiger partial charge in [-0.15, -0.1) is 0 Å². The van der Waals surface area contributed by atoms with Crippen molar-refractivity contribution >= 4 is 0 Å². The summed E-state index contributed by atoms with van der Waals surface area (Å²) in [5.41, 5.74) is 0. The van der Waals surface area contributed by atoms with Crippen molar-refractivity contribution in [2.24, 2.45) is 0 Å². The lowest BCUT2D eigenvalue weighted by Gasteiger charge is -2.36. The first-order valence-corrected chi connectivity index (χ1v) is 9.31. The van der Waals surface area contributed by atoms with Gasteiger partial charge in [0.2, 0.25) is 0 Å². The van der Waals surface area contributed by atoms with Crippen LogP contribution in [0.4, 0.5) is 0 Å². The highest BCUT2D eigenvalue weighted by atomic mass is 16.5. The van der Waals surface area contributed by atoms with Crippen LogP contribution in [-0.4, -0.2) is 24.3 Å². The summed E-state index contributed by atoms with van der Waals surface area (Å²) in [6, 6.07) is 1.45. The molecular formula is C18H33NO. The molecule has 4 unspecified atom stereocenters. The van der Waals surface area contributed by atoms with Gasteiger partial charge in [0.05, 0.1) is 12.2 Å². The number of hydrogen-bond donors (Lipinski definition) is 1. The van der Waals surface area contributed by atoms with Crippen molar-refractivity contribution < 1.29 is 4.74 Å². The van der Waals surface area contributed by atoms with E-state index in [-0.39, 0.29) is 0 Å². The van der Waals surface area contributed by atoms with E-state index in [0.29, 0.717) is 12.2 Å². The first kappa shape index (κ1) is 14.8. The van der Waals surface area contributed by atoms with Crippen LogP contribution in [0, 0.1) is 0 Å². The van der Waals surface area contributed by atoms with Crippen molar-refractivity contribution in [3.63, 3.8) is 0 Å². The molecule has 3 aliphatic rings. The molecule has 1 heterocycles. The number of fused-ring (bicyclic) bond motifs is 4. The predicted octanol–water partition coefficient (Wildman–Crippen LogP) is 4.57. The molecule has 20 heavy (non-hydrogen) atoms. The monoisotopic (exact) mass is 279 g/mol. The van der Waals surface area contributed by atoms with E-state index in [4.69, 9.17) is 4.74 Å². The van der Waals surface area contributed by atoms with Crippen LogP contribution in [0.15, 0.2) is 0 Å². The molecule has 116 valence electrons. The van der Waals surface area contributed by atoms with E-state index >= 15 is 0 Å². The molecule has 4 atom stereocenters. The van der Waals surface area contributed by atoms with Crippen molar-refractivity contribution in [1.29, 1.82) is 0 Å². The van der Waals surface area contributed by atoms with Crippen LogP contribution in [0.3, 0.4) is 0 Å². The largest absolute Gasteiger partial charge is 0.375 e. The van der Waals surface area contributed by atoms with Gasteiger partial charge in [0.1, 0.15) is 0 Å². The third kappa shape index (κ3) is 4.46. The highest BCUT2D eigenvalue weighted by Crippen LogP contribution is 2.28. The Morgan fingerprint density at radius 2 is 1.00 bits per heavy atom. The van der Waals surface area contributed by atoms with E-state index in [1.807, 2.05) is 0 Å². The Kier molecular flexibility index (Phi) is 5.78. The summed E-state index contributed by atoms with van der Waals surface area (Å²) in [6.45, 7) is 0. The fraction of sp³-hybridized carbons (Fsp3) is 1.00. The number of nitrogens with one attached hydrogen (secondary N) is 1. The molecule has 3 rings (SSSR count). The number of rotatable bonds is 0. The number of ether oxygens (including phenoxy) is 1. The lowest BCUT2D eigenvalue weighted by Crippen LogP contribution is -2.46. The fourth-order valence-corrected chi connectivity index (χ4v) is 4.49. The second-order valence-electron chi connectivity index (χ2n) is 7.40. The summed E-state index contributed by atoms with van der Waals surface area (Å²) < 4.78 is 6.58. The summed E-state index contributed by atoms with van der Waals surface area (Å²) in [5.74, 6) is 0. The van der Waals surface area contributed by atoms with Crippen molar-refractivity contribution in [2.75, 3.05) is 0 Å². The van der Waals surface area contributed by atoms with Gasteiger partial charge in [-0.2, -0.15) is 0 Å². The molecule has 4 bridgehead atoms. The van der Waals surface area contributed by atoms with E-state index in [0.717, 1.165) is 12.1 Å². The zero-order chi connectivity index (χ0) is 13.6. The number of hydrogen-bond acceptors (Lipinski definition) is 2. The zero-order valence-electron chi connectivity index (χ0n) is 13.1. The Balaban J connectivity index is 1.68. The highest BCUT2D eigenvalue weighted by molar-refractivity contribution is 4.85. The Labute approximate surface area is 125 Å². The van der Waals surface area contributed by atoms with Crippen LogP contribution in [-0.2, 0) is 4.74 Å². The van der Waals surface area contributed by atoms with Crippen LogP contribution in [0.25, 0.3) is 0 Å².